The van der Waals surface area contributed by atoms with Gasteiger partial charge in [0.1, 0.15) is 0 Å². The normalized spacial score (nSPS) is 18.0. The van der Waals surface area contributed by atoms with Gasteiger partial charge in [-0.1, -0.05) is 12.2 Å². The maximum absolute atomic E-state index is 11.3. The van der Waals surface area contributed by atoms with Crippen LogP contribution >= 0.6 is 0 Å². The first kappa shape index (κ1) is 19.1. The minimum Gasteiger partial charge on any atom is -0.297 e. The average Bonchev–Trinajstić information content (AvgIpc) is 3.16. The first-order valence-corrected chi connectivity index (χ1v) is 6.60. The van der Waals surface area contributed by atoms with Crippen LogP contribution in [0.25, 0.3) is 0 Å². The number of hydrogen-bond donors (Lipinski definition) is 1. The van der Waals surface area contributed by atoms with E-state index >= 15 is 0 Å². The molecular weight excluding hydrogens is 365 g/mol. The van der Waals surface area contributed by atoms with Crippen LogP contribution in [-0.2, 0) is 26.0 Å². The molecule has 0 spiro atoms. The van der Waals surface area contributed by atoms with Gasteiger partial charge in [0.15, 0.2) is 0 Å². The van der Waals surface area contributed by atoms with Gasteiger partial charge in [-0.3, -0.25) is 14.3 Å². The molecule has 2 aliphatic rings. The van der Waals surface area contributed by atoms with Gasteiger partial charge in [-0.25, -0.2) is 4.79 Å². The number of aromatic amines is 1. The number of rotatable bonds is 3. The second-order valence-corrected chi connectivity index (χ2v) is 4.35. The standard InChI is InChI=1S/C12H11N2O2.C5H5.Ru/c15-11-7-9-14(12(16)13-11)8-3-6-10-4-1-2-5-10;1-2-4-5-3-1;/h1-7,9H,8H2,(H,13,15,16);1-5H;/q;;+2/b6-3+;;. The molecule has 2 saturated carbocycles. The Hall–Kier alpha value is -0.957. The largest absolute Gasteiger partial charge is 2.00 e. The fourth-order valence-electron chi connectivity index (χ4n) is 1.71. The van der Waals surface area contributed by atoms with Crippen molar-refractivity contribution in [2.24, 2.45) is 0 Å². The fraction of sp³-hybridized carbons (Fsp3) is 0.0588. The minimum atomic E-state index is -0.389. The Kier molecular flexibility index (Phi) is 9.30. The van der Waals surface area contributed by atoms with Gasteiger partial charge in [0.2, 0.25) is 0 Å². The Bertz CT molecular complexity index is 545. The summed E-state index contributed by atoms with van der Waals surface area (Å²) in [7, 11) is 0. The number of allylic oxidation sites excluding steroid dienone is 2. The van der Waals surface area contributed by atoms with Gasteiger partial charge in [0, 0.05) is 24.7 Å². The number of H-pyrrole nitrogens is 1. The molecule has 0 aromatic carbocycles. The molecule has 10 radical (unpaired) electrons. The molecule has 0 amide bonds. The van der Waals surface area contributed by atoms with E-state index in [1.807, 2.05) is 69.9 Å². The Morgan fingerprint density at radius 2 is 1.55 bits per heavy atom. The van der Waals surface area contributed by atoms with Crippen molar-refractivity contribution in [2.75, 3.05) is 0 Å². The van der Waals surface area contributed by atoms with E-state index in [2.05, 4.69) is 4.98 Å². The zero-order valence-corrected chi connectivity index (χ0v) is 13.6. The second kappa shape index (κ2) is 10.7. The van der Waals surface area contributed by atoms with Crippen molar-refractivity contribution in [3.05, 3.63) is 109 Å². The summed E-state index contributed by atoms with van der Waals surface area (Å²) in [6.07, 6.45) is 23.1. The van der Waals surface area contributed by atoms with Gasteiger partial charge in [-0.2, -0.15) is 0 Å². The Morgan fingerprint density at radius 1 is 0.955 bits per heavy atom. The van der Waals surface area contributed by atoms with Gasteiger partial charge in [-0.15, -0.1) is 0 Å². The first-order chi connectivity index (χ1) is 10.3. The SMILES string of the molecule is O=c1ccn(C/C=C/[C]2[CH][CH][CH][CH]2)c(=O)[nH]1.[CH]1[CH][CH][CH][CH]1.[Ru+2]. The molecule has 0 aliphatic heterocycles. The van der Waals surface area contributed by atoms with E-state index in [1.165, 1.54) is 16.8 Å². The van der Waals surface area contributed by atoms with E-state index in [0.717, 1.165) is 5.92 Å². The molecule has 0 bridgehead atoms. The summed E-state index contributed by atoms with van der Waals surface area (Å²) in [5.74, 6) is 1.09. The maximum atomic E-state index is 11.3. The number of nitrogens with one attached hydrogen (secondary N) is 1. The molecule has 2 aliphatic carbocycles. The number of hydrogen-bond acceptors (Lipinski definition) is 2. The van der Waals surface area contributed by atoms with Crippen LogP contribution in [0.1, 0.15) is 0 Å². The molecule has 1 N–H and O–H groups in total. The zero-order chi connectivity index (χ0) is 14.9. The van der Waals surface area contributed by atoms with Crippen molar-refractivity contribution in [1.82, 2.24) is 9.55 Å². The third-order valence-corrected chi connectivity index (χ3v) is 2.75. The summed E-state index contributed by atoms with van der Waals surface area (Å²) in [5, 5.41) is 0. The molecule has 112 valence electrons. The minimum absolute atomic E-state index is 0. The summed E-state index contributed by atoms with van der Waals surface area (Å²) in [6.45, 7) is 0.445. The van der Waals surface area contributed by atoms with E-state index < -0.39 is 0 Å². The predicted octanol–water partition coefficient (Wildman–Crippen LogP) is 1.52. The van der Waals surface area contributed by atoms with Gasteiger partial charge in [0.25, 0.3) is 5.56 Å². The van der Waals surface area contributed by atoms with Crippen molar-refractivity contribution in [2.45, 2.75) is 6.54 Å². The van der Waals surface area contributed by atoms with Gasteiger partial charge in [0.05, 0.1) is 0 Å². The van der Waals surface area contributed by atoms with Crippen LogP contribution in [-0.4, -0.2) is 9.55 Å². The summed E-state index contributed by atoms with van der Waals surface area (Å²) >= 11 is 0. The molecule has 1 heterocycles. The Balaban J connectivity index is 0.000000344. The van der Waals surface area contributed by atoms with Crippen LogP contribution in [0.4, 0.5) is 0 Å². The molecule has 22 heavy (non-hydrogen) atoms. The van der Waals surface area contributed by atoms with Crippen LogP contribution in [0.3, 0.4) is 0 Å². The summed E-state index contributed by atoms with van der Waals surface area (Å²) in [6, 6.07) is 1.33. The van der Waals surface area contributed by atoms with Crippen LogP contribution in [0.5, 0.6) is 0 Å². The topological polar surface area (TPSA) is 54.9 Å². The Morgan fingerprint density at radius 3 is 2.09 bits per heavy atom. The number of nitrogens with zero attached hydrogens (tertiary/aromatic N) is 1. The zero-order valence-electron chi connectivity index (χ0n) is 11.8. The van der Waals surface area contributed by atoms with Gasteiger partial charge >= 0.3 is 25.2 Å². The summed E-state index contributed by atoms with van der Waals surface area (Å²) in [4.78, 5) is 24.3. The summed E-state index contributed by atoms with van der Waals surface area (Å²) in [5.41, 5.74) is -0.763. The maximum Gasteiger partial charge on any atom is 2.00 e. The molecule has 1 aromatic heterocycles. The van der Waals surface area contributed by atoms with Crippen molar-refractivity contribution < 1.29 is 19.5 Å². The average molecular weight is 381 g/mol. The summed E-state index contributed by atoms with van der Waals surface area (Å²) < 4.78 is 1.43. The second-order valence-electron chi connectivity index (χ2n) is 4.35. The van der Waals surface area contributed by atoms with E-state index in [1.54, 1.807) is 0 Å². The van der Waals surface area contributed by atoms with Crippen molar-refractivity contribution in [3.63, 3.8) is 0 Å². The smallest absolute Gasteiger partial charge is 0.297 e. The third kappa shape index (κ3) is 6.87. The van der Waals surface area contributed by atoms with Crippen molar-refractivity contribution in [3.8, 4) is 0 Å². The molecular formula is C17H16N2O2Ru+2. The van der Waals surface area contributed by atoms with Crippen LogP contribution in [0.2, 0.25) is 0 Å². The van der Waals surface area contributed by atoms with E-state index in [-0.39, 0.29) is 30.7 Å². The monoisotopic (exact) mass is 382 g/mol. The fourth-order valence-corrected chi connectivity index (χ4v) is 1.71. The Labute approximate surface area is 144 Å². The predicted molar refractivity (Wildman–Crippen MR) is 82.4 cm³/mol. The molecule has 4 nitrogen and oxygen atoms in total. The molecule has 5 heteroatoms. The van der Waals surface area contributed by atoms with Crippen LogP contribution < -0.4 is 11.2 Å². The first-order valence-electron chi connectivity index (χ1n) is 6.60. The molecule has 2 fully saturated rings. The van der Waals surface area contributed by atoms with Gasteiger partial charge < -0.3 is 0 Å². The van der Waals surface area contributed by atoms with Crippen LogP contribution in [0, 0.1) is 63.7 Å². The van der Waals surface area contributed by atoms with E-state index in [4.69, 9.17) is 0 Å². The molecule has 1 aromatic rings. The third-order valence-electron chi connectivity index (χ3n) is 2.75. The molecule has 0 atom stereocenters. The van der Waals surface area contributed by atoms with Crippen LogP contribution in [0.15, 0.2) is 34.0 Å². The number of aromatic nitrogens is 2. The molecule has 0 unspecified atom stereocenters. The molecule has 3 rings (SSSR count). The van der Waals surface area contributed by atoms with Gasteiger partial charge in [-0.05, 0) is 57.8 Å². The molecule has 0 saturated heterocycles. The van der Waals surface area contributed by atoms with E-state index in [0.29, 0.717) is 6.54 Å². The van der Waals surface area contributed by atoms with E-state index in [9.17, 15) is 9.59 Å². The quantitative estimate of drug-likeness (QED) is 0.808. The van der Waals surface area contributed by atoms with Crippen molar-refractivity contribution in [1.29, 1.82) is 0 Å². The van der Waals surface area contributed by atoms with Crippen molar-refractivity contribution >= 4 is 0 Å².